The summed E-state index contributed by atoms with van der Waals surface area (Å²) in [5.74, 6) is -0.392. The van der Waals surface area contributed by atoms with E-state index in [1.165, 1.54) is 12.0 Å². The van der Waals surface area contributed by atoms with Gasteiger partial charge in [0.2, 0.25) is 5.91 Å². The minimum atomic E-state index is -0.557. The summed E-state index contributed by atoms with van der Waals surface area (Å²) in [7, 11) is 2.99. The lowest BCUT2D eigenvalue weighted by molar-refractivity contribution is -0.151. The summed E-state index contributed by atoms with van der Waals surface area (Å²) in [6.45, 7) is 1.69. The van der Waals surface area contributed by atoms with Crippen molar-refractivity contribution in [3.63, 3.8) is 0 Å². The van der Waals surface area contributed by atoms with E-state index in [9.17, 15) is 9.59 Å². The van der Waals surface area contributed by atoms with Crippen molar-refractivity contribution in [2.24, 2.45) is 0 Å². The number of esters is 1. The molecule has 4 heteroatoms. The maximum Gasteiger partial charge on any atom is 0.328 e. The molecule has 1 aliphatic carbocycles. The van der Waals surface area contributed by atoms with E-state index >= 15 is 0 Å². The Morgan fingerprint density at radius 2 is 1.84 bits per heavy atom. The summed E-state index contributed by atoms with van der Waals surface area (Å²) < 4.78 is 4.69. The zero-order valence-corrected chi connectivity index (χ0v) is 11.6. The molecule has 0 heterocycles. The number of carbonyl (C=O) groups excluding carboxylic acids is 2. The molecule has 0 saturated heterocycles. The van der Waals surface area contributed by atoms with Crippen molar-refractivity contribution in [2.45, 2.75) is 31.2 Å². The molecule has 0 spiro atoms. The number of carbonyl (C=O) groups is 2. The van der Waals surface area contributed by atoms with Crippen LogP contribution in [0.2, 0.25) is 0 Å². The molecule has 1 aromatic rings. The lowest BCUT2D eigenvalue weighted by Gasteiger charge is -2.27. The van der Waals surface area contributed by atoms with Crippen molar-refractivity contribution in [1.29, 1.82) is 0 Å². The van der Waals surface area contributed by atoms with Crippen molar-refractivity contribution >= 4 is 11.9 Å². The zero-order valence-electron chi connectivity index (χ0n) is 11.6. The molecule has 1 amide bonds. The number of hydrogen-bond donors (Lipinski definition) is 0. The number of likely N-dealkylation sites (N-methyl/N-ethyl adjacent to an activating group) is 1. The van der Waals surface area contributed by atoms with Crippen LogP contribution in [0.1, 0.15) is 25.3 Å². The Kier molecular flexibility index (Phi) is 3.60. The maximum absolute atomic E-state index is 12.6. The molecule has 4 nitrogen and oxygen atoms in total. The molecular formula is C15H19NO3. The molecule has 0 aliphatic heterocycles. The number of hydrogen-bond acceptors (Lipinski definition) is 3. The van der Waals surface area contributed by atoms with Crippen LogP contribution in [-0.2, 0) is 19.7 Å². The molecule has 1 fully saturated rings. The normalized spacial score (nSPS) is 17.4. The van der Waals surface area contributed by atoms with Crippen LogP contribution in [0.15, 0.2) is 30.3 Å². The third-order valence-corrected chi connectivity index (χ3v) is 3.93. The lowest BCUT2D eigenvalue weighted by Crippen LogP contribution is -2.45. The van der Waals surface area contributed by atoms with Crippen LogP contribution >= 0.6 is 0 Å². The van der Waals surface area contributed by atoms with E-state index in [0.717, 1.165) is 18.4 Å². The van der Waals surface area contributed by atoms with Gasteiger partial charge in [-0.15, -0.1) is 0 Å². The summed E-state index contributed by atoms with van der Waals surface area (Å²) >= 11 is 0. The van der Waals surface area contributed by atoms with Crippen molar-refractivity contribution in [3.05, 3.63) is 35.9 Å². The van der Waals surface area contributed by atoms with Gasteiger partial charge >= 0.3 is 5.97 Å². The van der Waals surface area contributed by atoms with Gasteiger partial charge < -0.3 is 9.64 Å². The summed E-state index contributed by atoms with van der Waals surface area (Å²) in [6.07, 6.45) is 1.68. The monoisotopic (exact) mass is 261 g/mol. The fraction of sp³-hybridized carbons (Fsp3) is 0.467. The average Bonchev–Trinajstić information content (AvgIpc) is 3.26. The summed E-state index contributed by atoms with van der Waals surface area (Å²) in [5, 5.41) is 0. The number of methoxy groups -OCH3 is 1. The third kappa shape index (κ3) is 2.35. The van der Waals surface area contributed by atoms with E-state index in [1.807, 2.05) is 30.3 Å². The summed E-state index contributed by atoms with van der Waals surface area (Å²) in [6, 6.07) is 9.20. The first-order valence-electron chi connectivity index (χ1n) is 6.43. The molecule has 0 unspecified atom stereocenters. The molecule has 102 valence electrons. The van der Waals surface area contributed by atoms with Gasteiger partial charge in [-0.3, -0.25) is 4.79 Å². The van der Waals surface area contributed by atoms with E-state index in [1.54, 1.807) is 14.0 Å². The second-order valence-electron chi connectivity index (χ2n) is 5.06. The van der Waals surface area contributed by atoms with Gasteiger partial charge in [-0.25, -0.2) is 4.79 Å². The standard InChI is InChI=1S/C15H19NO3/c1-11(13(17)19-3)16(2)14(18)15(9-10-15)12-7-5-4-6-8-12/h4-8,11H,9-10H2,1-3H3/t11-/m1/s1. The Balaban J connectivity index is 2.18. The van der Waals surface area contributed by atoms with Gasteiger partial charge in [-0.1, -0.05) is 30.3 Å². The van der Waals surface area contributed by atoms with Crippen LogP contribution in [-0.4, -0.2) is 37.0 Å². The largest absolute Gasteiger partial charge is 0.467 e. The Morgan fingerprint density at radius 3 is 2.32 bits per heavy atom. The molecule has 1 aliphatic rings. The number of rotatable bonds is 4. The topological polar surface area (TPSA) is 46.6 Å². The Morgan fingerprint density at radius 1 is 1.26 bits per heavy atom. The molecular weight excluding hydrogens is 242 g/mol. The summed E-state index contributed by atoms with van der Waals surface area (Å²) in [4.78, 5) is 25.6. The molecule has 2 rings (SSSR count). The van der Waals surface area contributed by atoms with Crippen LogP contribution in [0.25, 0.3) is 0 Å². The first-order chi connectivity index (χ1) is 9.03. The predicted octanol–water partition coefficient (Wildman–Crippen LogP) is 1.74. The molecule has 1 atom stereocenters. The highest BCUT2D eigenvalue weighted by molar-refractivity contribution is 5.94. The Hall–Kier alpha value is -1.84. The minimum absolute atomic E-state index is 0.00315. The van der Waals surface area contributed by atoms with Crippen LogP contribution in [0.3, 0.4) is 0 Å². The summed E-state index contributed by atoms with van der Waals surface area (Å²) in [5.41, 5.74) is 0.599. The van der Waals surface area contributed by atoms with Crippen molar-refractivity contribution in [1.82, 2.24) is 4.90 Å². The highest BCUT2D eigenvalue weighted by Crippen LogP contribution is 2.49. The van der Waals surface area contributed by atoms with Crippen LogP contribution in [0.5, 0.6) is 0 Å². The fourth-order valence-electron chi connectivity index (χ4n) is 2.35. The van der Waals surface area contributed by atoms with E-state index in [4.69, 9.17) is 0 Å². The molecule has 1 saturated carbocycles. The Labute approximate surface area is 113 Å². The lowest BCUT2D eigenvalue weighted by atomic mass is 9.94. The molecule has 19 heavy (non-hydrogen) atoms. The van der Waals surface area contributed by atoms with E-state index < -0.39 is 11.5 Å². The molecule has 1 aromatic carbocycles. The minimum Gasteiger partial charge on any atom is -0.467 e. The van der Waals surface area contributed by atoms with Crippen LogP contribution < -0.4 is 0 Å². The van der Waals surface area contributed by atoms with Crippen molar-refractivity contribution in [3.8, 4) is 0 Å². The Bertz CT molecular complexity index is 479. The number of nitrogens with zero attached hydrogens (tertiary/aromatic N) is 1. The smallest absolute Gasteiger partial charge is 0.328 e. The van der Waals surface area contributed by atoms with E-state index in [-0.39, 0.29) is 11.9 Å². The zero-order chi connectivity index (χ0) is 14.0. The molecule has 0 bridgehead atoms. The van der Waals surface area contributed by atoms with E-state index in [2.05, 4.69) is 4.74 Å². The highest BCUT2D eigenvalue weighted by atomic mass is 16.5. The van der Waals surface area contributed by atoms with Gasteiger partial charge in [0, 0.05) is 7.05 Å². The third-order valence-electron chi connectivity index (χ3n) is 3.93. The second-order valence-corrected chi connectivity index (χ2v) is 5.06. The van der Waals surface area contributed by atoms with Gasteiger partial charge in [0.1, 0.15) is 6.04 Å². The van der Waals surface area contributed by atoms with Gasteiger partial charge in [-0.05, 0) is 25.3 Å². The van der Waals surface area contributed by atoms with Gasteiger partial charge in [0.15, 0.2) is 0 Å². The molecule has 0 N–H and O–H groups in total. The number of ether oxygens (including phenoxy) is 1. The highest BCUT2D eigenvalue weighted by Gasteiger charge is 2.53. The van der Waals surface area contributed by atoms with Gasteiger partial charge in [0.25, 0.3) is 0 Å². The number of amides is 1. The van der Waals surface area contributed by atoms with Crippen molar-refractivity contribution in [2.75, 3.05) is 14.2 Å². The molecule has 0 aromatic heterocycles. The SMILES string of the molecule is COC(=O)[C@@H](C)N(C)C(=O)C1(c2ccccc2)CC1. The molecule has 0 radical (unpaired) electrons. The maximum atomic E-state index is 12.6. The van der Waals surface area contributed by atoms with Crippen molar-refractivity contribution < 1.29 is 14.3 Å². The first kappa shape index (κ1) is 13.6. The average molecular weight is 261 g/mol. The van der Waals surface area contributed by atoms with Gasteiger partial charge in [0.05, 0.1) is 12.5 Å². The first-order valence-corrected chi connectivity index (χ1v) is 6.43. The van der Waals surface area contributed by atoms with E-state index in [0.29, 0.717) is 0 Å². The second kappa shape index (κ2) is 5.03. The van der Waals surface area contributed by atoms with Crippen LogP contribution in [0.4, 0.5) is 0 Å². The van der Waals surface area contributed by atoms with Crippen LogP contribution in [0, 0.1) is 0 Å². The predicted molar refractivity (Wildman–Crippen MR) is 71.6 cm³/mol. The quantitative estimate of drug-likeness (QED) is 0.776. The fourth-order valence-corrected chi connectivity index (χ4v) is 2.35. The number of benzene rings is 1. The van der Waals surface area contributed by atoms with Gasteiger partial charge in [-0.2, -0.15) is 0 Å².